The predicted molar refractivity (Wildman–Crippen MR) is 98.6 cm³/mol. The number of allylic oxidation sites excluding steroid dienone is 1. The Labute approximate surface area is 153 Å². The van der Waals surface area contributed by atoms with Gasteiger partial charge < -0.3 is 10.1 Å². The zero-order valence-electron chi connectivity index (χ0n) is 15.2. The number of ether oxygens (including phenoxy) is 1. The van der Waals surface area contributed by atoms with Crippen LogP contribution in [0.5, 0.6) is 0 Å². The van der Waals surface area contributed by atoms with E-state index in [2.05, 4.69) is 15.4 Å². The van der Waals surface area contributed by atoms with Crippen molar-refractivity contribution in [2.75, 3.05) is 5.32 Å². The molecule has 0 bridgehead atoms. The molecule has 1 saturated carbocycles. The van der Waals surface area contributed by atoms with Gasteiger partial charge in [-0.1, -0.05) is 36.2 Å². The minimum Gasteiger partial charge on any atom is -0.459 e. The van der Waals surface area contributed by atoms with Gasteiger partial charge in [0, 0.05) is 5.70 Å². The van der Waals surface area contributed by atoms with Gasteiger partial charge in [0.15, 0.2) is 0 Å². The lowest BCUT2D eigenvalue weighted by Gasteiger charge is -2.30. The van der Waals surface area contributed by atoms with Crippen LogP contribution in [0.15, 0.2) is 41.9 Å². The fourth-order valence-corrected chi connectivity index (χ4v) is 3.81. The molecule has 4 rings (SSSR count). The van der Waals surface area contributed by atoms with Crippen LogP contribution in [0.2, 0.25) is 0 Å². The Hall–Kier alpha value is -2.63. The van der Waals surface area contributed by atoms with Gasteiger partial charge in [-0.15, -0.1) is 0 Å². The van der Waals surface area contributed by atoms with Crippen LogP contribution in [-0.2, 0) is 9.53 Å². The van der Waals surface area contributed by atoms with Crippen LogP contribution in [0.1, 0.15) is 56.2 Å². The maximum atomic E-state index is 13.1. The Balaban J connectivity index is 1.69. The molecule has 0 unspecified atom stereocenters. The number of hydrogen-bond acceptors (Lipinski definition) is 5. The molecule has 1 aliphatic heterocycles. The molecule has 136 valence electrons. The quantitative estimate of drug-likeness (QED) is 0.852. The van der Waals surface area contributed by atoms with Crippen molar-refractivity contribution >= 4 is 11.9 Å². The summed E-state index contributed by atoms with van der Waals surface area (Å²) in [5.41, 5.74) is 3.56. The van der Waals surface area contributed by atoms with E-state index in [1.54, 1.807) is 4.68 Å². The van der Waals surface area contributed by atoms with Crippen molar-refractivity contribution in [3.63, 3.8) is 0 Å². The van der Waals surface area contributed by atoms with E-state index in [4.69, 9.17) is 4.74 Å². The number of aromatic nitrogens is 3. The number of nitrogens with one attached hydrogen (secondary N) is 1. The Kier molecular flexibility index (Phi) is 4.49. The third kappa shape index (κ3) is 3.11. The number of rotatable bonds is 3. The Morgan fingerprint density at radius 1 is 1.15 bits per heavy atom. The van der Waals surface area contributed by atoms with Crippen LogP contribution in [0, 0.1) is 6.92 Å². The summed E-state index contributed by atoms with van der Waals surface area (Å²) in [5, 5.41) is 7.54. The molecule has 1 N–H and O–H groups in total. The van der Waals surface area contributed by atoms with E-state index in [0.717, 1.165) is 36.9 Å². The minimum atomic E-state index is -0.328. The first-order valence-corrected chi connectivity index (χ1v) is 9.28. The van der Waals surface area contributed by atoms with Crippen LogP contribution >= 0.6 is 0 Å². The highest BCUT2D eigenvalue weighted by atomic mass is 16.5. The van der Waals surface area contributed by atoms with Gasteiger partial charge in [0.2, 0.25) is 5.95 Å². The maximum Gasteiger partial charge on any atom is 0.338 e. The monoisotopic (exact) mass is 352 g/mol. The summed E-state index contributed by atoms with van der Waals surface area (Å²) in [6.07, 6.45) is 6.92. The fraction of sp³-hybridized carbons (Fsp3) is 0.450. The first kappa shape index (κ1) is 16.8. The largest absolute Gasteiger partial charge is 0.459 e. The Bertz CT molecular complexity index is 832. The van der Waals surface area contributed by atoms with Crippen LogP contribution in [-0.4, -0.2) is 26.8 Å². The second-order valence-electron chi connectivity index (χ2n) is 7.17. The molecular formula is C20H24N4O2. The number of hydrogen-bond donors (Lipinski definition) is 1. The highest BCUT2D eigenvalue weighted by molar-refractivity contribution is 5.92. The van der Waals surface area contributed by atoms with Gasteiger partial charge in [0.05, 0.1) is 5.57 Å². The summed E-state index contributed by atoms with van der Waals surface area (Å²) in [6, 6.07) is 7.85. The zero-order chi connectivity index (χ0) is 18.1. The number of benzene rings is 1. The summed E-state index contributed by atoms with van der Waals surface area (Å²) >= 11 is 0. The Morgan fingerprint density at radius 3 is 2.62 bits per heavy atom. The number of esters is 1. The van der Waals surface area contributed by atoms with E-state index >= 15 is 0 Å². The number of carbonyl (C=O) groups excluding carboxylic acids is 1. The molecule has 0 amide bonds. The highest BCUT2D eigenvalue weighted by Crippen LogP contribution is 2.36. The zero-order valence-corrected chi connectivity index (χ0v) is 15.2. The number of nitrogens with zero attached hydrogens (tertiary/aromatic N) is 3. The first-order valence-electron chi connectivity index (χ1n) is 9.28. The molecule has 0 saturated heterocycles. The van der Waals surface area contributed by atoms with Crippen LogP contribution < -0.4 is 5.32 Å². The fourth-order valence-electron chi connectivity index (χ4n) is 3.81. The van der Waals surface area contributed by atoms with E-state index in [1.807, 2.05) is 38.1 Å². The van der Waals surface area contributed by atoms with Gasteiger partial charge in [0.25, 0.3) is 0 Å². The lowest BCUT2D eigenvalue weighted by molar-refractivity contribution is -0.146. The standard InChI is InChI=1S/C20H24N4O2/c1-13-8-10-15(11-9-13)18-17(14(2)23-20-21-12-22-24(18)20)19(25)26-16-6-4-3-5-7-16/h8-12,16,18H,3-7H2,1-2H3,(H,21,22,23)/t18-/m1/s1. The number of carbonyl (C=O) groups is 1. The van der Waals surface area contributed by atoms with Crippen LogP contribution in [0.3, 0.4) is 0 Å². The summed E-state index contributed by atoms with van der Waals surface area (Å²) in [7, 11) is 0. The first-order chi connectivity index (χ1) is 12.6. The second kappa shape index (κ2) is 6.94. The number of aryl methyl sites for hydroxylation is 1. The molecule has 26 heavy (non-hydrogen) atoms. The van der Waals surface area contributed by atoms with Gasteiger partial charge in [0.1, 0.15) is 18.5 Å². The summed E-state index contributed by atoms with van der Waals surface area (Å²) in [5.74, 6) is 0.385. The molecule has 0 spiro atoms. The van der Waals surface area contributed by atoms with Crippen molar-refractivity contribution in [2.45, 2.75) is 58.1 Å². The van der Waals surface area contributed by atoms with Crippen molar-refractivity contribution < 1.29 is 9.53 Å². The van der Waals surface area contributed by atoms with Crippen molar-refractivity contribution in [3.8, 4) is 0 Å². The van der Waals surface area contributed by atoms with E-state index in [1.165, 1.54) is 18.3 Å². The summed E-state index contributed by atoms with van der Waals surface area (Å²) in [4.78, 5) is 17.3. The van der Waals surface area contributed by atoms with Crippen LogP contribution in [0.4, 0.5) is 5.95 Å². The van der Waals surface area contributed by atoms with E-state index < -0.39 is 0 Å². The molecule has 2 heterocycles. The molecule has 6 heteroatoms. The average Bonchev–Trinajstić information content (AvgIpc) is 3.10. The Morgan fingerprint density at radius 2 is 1.88 bits per heavy atom. The molecule has 2 aliphatic rings. The van der Waals surface area contributed by atoms with E-state index in [9.17, 15) is 4.79 Å². The van der Waals surface area contributed by atoms with Crippen LogP contribution in [0.25, 0.3) is 0 Å². The normalized spacial score (nSPS) is 20.5. The van der Waals surface area contributed by atoms with Crippen molar-refractivity contribution in [3.05, 3.63) is 53.0 Å². The SMILES string of the molecule is CC1=C(C(=O)OC2CCCCC2)[C@@H](c2ccc(C)cc2)n2ncnc2N1. The predicted octanol–water partition coefficient (Wildman–Crippen LogP) is 3.75. The lowest BCUT2D eigenvalue weighted by Crippen LogP contribution is -2.32. The minimum absolute atomic E-state index is 0.0207. The molecule has 1 fully saturated rings. The molecule has 1 aliphatic carbocycles. The van der Waals surface area contributed by atoms with Gasteiger partial charge in [-0.3, -0.25) is 0 Å². The van der Waals surface area contributed by atoms with E-state index in [0.29, 0.717) is 11.5 Å². The second-order valence-corrected chi connectivity index (χ2v) is 7.17. The maximum absolute atomic E-state index is 13.1. The van der Waals surface area contributed by atoms with E-state index in [-0.39, 0.29) is 18.1 Å². The molecule has 1 aromatic carbocycles. The van der Waals surface area contributed by atoms with Crippen molar-refractivity contribution in [2.24, 2.45) is 0 Å². The molecule has 0 radical (unpaired) electrons. The molecule has 2 aromatic rings. The number of anilines is 1. The topological polar surface area (TPSA) is 69.0 Å². The molecule has 6 nitrogen and oxygen atoms in total. The van der Waals surface area contributed by atoms with Crippen molar-refractivity contribution in [1.29, 1.82) is 0 Å². The smallest absolute Gasteiger partial charge is 0.338 e. The highest BCUT2D eigenvalue weighted by Gasteiger charge is 2.35. The summed E-state index contributed by atoms with van der Waals surface area (Å²) in [6.45, 7) is 3.95. The molecule has 1 atom stereocenters. The molecular weight excluding hydrogens is 328 g/mol. The molecule has 1 aromatic heterocycles. The summed E-state index contributed by atoms with van der Waals surface area (Å²) < 4.78 is 7.63. The number of fused-ring (bicyclic) bond motifs is 1. The lowest BCUT2D eigenvalue weighted by atomic mass is 9.94. The third-order valence-electron chi connectivity index (χ3n) is 5.23. The van der Waals surface area contributed by atoms with Gasteiger partial charge in [-0.25, -0.2) is 9.48 Å². The van der Waals surface area contributed by atoms with Gasteiger partial charge in [-0.05, 0) is 45.1 Å². The van der Waals surface area contributed by atoms with Gasteiger partial charge in [-0.2, -0.15) is 10.1 Å². The van der Waals surface area contributed by atoms with Crippen molar-refractivity contribution in [1.82, 2.24) is 14.8 Å². The van der Waals surface area contributed by atoms with Gasteiger partial charge >= 0.3 is 5.97 Å². The third-order valence-corrected chi connectivity index (χ3v) is 5.23. The average molecular weight is 352 g/mol.